The molecule has 0 saturated heterocycles. The number of hydrogen-bond acceptors (Lipinski definition) is 1. The van der Waals surface area contributed by atoms with Gasteiger partial charge in [-0.1, -0.05) is 32.6 Å². The average molecular weight is 221 g/mol. The van der Waals surface area contributed by atoms with Crippen molar-refractivity contribution in [2.45, 2.75) is 62.5 Å². The van der Waals surface area contributed by atoms with Crippen LogP contribution in [0, 0.1) is 0 Å². The van der Waals surface area contributed by atoms with Crippen molar-refractivity contribution in [2.75, 3.05) is 5.75 Å². The van der Waals surface area contributed by atoms with Gasteiger partial charge in [0, 0.05) is 10.6 Å². The Balaban J connectivity index is 2.05. The molecule has 0 aliphatic heterocycles. The third-order valence-electron chi connectivity index (χ3n) is 2.70. The molecule has 1 saturated carbocycles. The first-order chi connectivity index (χ1) is 6.34. The Morgan fingerprint density at radius 2 is 2.00 bits per heavy atom. The van der Waals surface area contributed by atoms with Crippen molar-refractivity contribution in [3.63, 3.8) is 0 Å². The van der Waals surface area contributed by atoms with Crippen LogP contribution in [0.25, 0.3) is 0 Å². The molecular weight excluding hydrogens is 200 g/mol. The highest BCUT2D eigenvalue weighted by Crippen LogP contribution is 2.32. The van der Waals surface area contributed by atoms with Gasteiger partial charge in [-0.25, -0.2) is 0 Å². The molecule has 1 rings (SSSR count). The van der Waals surface area contributed by atoms with E-state index in [-0.39, 0.29) is 0 Å². The van der Waals surface area contributed by atoms with E-state index in [0.717, 1.165) is 5.25 Å². The Morgan fingerprint density at radius 3 is 2.69 bits per heavy atom. The van der Waals surface area contributed by atoms with E-state index < -0.39 is 0 Å². The van der Waals surface area contributed by atoms with Crippen molar-refractivity contribution in [1.29, 1.82) is 0 Å². The van der Waals surface area contributed by atoms with Crippen LogP contribution in [0.5, 0.6) is 0 Å². The Kier molecular flexibility index (Phi) is 6.31. The van der Waals surface area contributed by atoms with Crippen LogP contribution >= 0.6 is 23.4 Å². The zero-order chi connectivity index (χ0) is 9.52. The Labute approximate surface area is 91.8 Å². The summed E-state index contributed by atoms with van der Waals surface area (Å²) in [6.45, 7) is 2.26. The molecule has 1 fully saturated rings. The van der Waals surface area contributed by atoms with E-state index in [9.17, 15) is 0 Å². The summed E-state index contributed by atoms with van der Waals surface area (Å²) >= 11 is 8.39. The van der Waals surface area contributed by atoms with Crippen LogP contribution in [0.3, 0.4) is 0 Å². The summed E-state index contributed by atoms with van der Waals surface area (Å²) in [5.41, 5.74) is 0. The molecular formula is C11H21ClS. The summed E-state index contributed by atoms with van der Waals surface area (Å²) in [7, 11) is 0. The van der Waals surface area contributed by atoms with Crippen LogP contribution in [0.1, 0.15) is 51.9 Å². The van der Waals surface area contributed by atoms with Crippen LogP contribution in [-0.4, -0.2) is 16.4 Å². The Morgan fingerprint density at radius 1 is 1.23 bits per heavy atom. The first-order valence-corrected chi connectivity index (χ1v) is 7.08. The van der Waals surface area contributed by atoms with E-state index in [1.54, 1.807) is 0 Å². The average Bonchev–Trinajstić information content (AvgIpc) is 2.15. The molecule has 0 bridgehead atoms. The number of alkyl halides is 1. The topological polar surface area (TPSA) is 0 Å². The lowest BCUT2D eigenvalue weighted by molar-refractivity contribution is 0.522. The summed E-state index contributed by atoms with van der Waals surface area (Å²) in [6.07, 6.45) is 9.43. The van der Waals surface area contributed by atoms with Gasteiger partial charge in [-0.3, -0.25) is 0 Å². The molecule has 0 nitrogen and oxygen atoms in total. The highest BCUT2D eigenvalue weighted by Gasteiger charge is 2.22. The number of halogens is 1. The zero-order valence-corrected chi connectivity index (χ0v) is 10.2. The quantitative estimate of drug-likeness (QED) is 0.487. The summed E-state index contributed by atoms with van der Waals surface area (Å²) in [5.74, 6) is 1.32. The predicted octanol–water partition coefficient (Wildman–Crippen LogP) is 4.46. The second-order valence-electron chi connectivity index (χ2n) is 3.92. The number of rotatable bonds is 5. The second kappa shape index (κ2) is 7.00. The molecule has 13 heavy (non-hydrogen) atoms. The summed E-state index contributed by atoms with van der Waals surface area (Å²) < 4.78 is 0. The largest absolute Gasteiger partial charge is 0.157 e. The van der Waals surface area contributed by atoms with Gasteiger partial charge in [-0.05, 0) is 25.0 Å². The van der Waals surface area contributed by atoms with Gasteiger partial charge in [0.15, 0.2) is 0 Å². The first-order valence-electron chi connectivity index (χ1n) is 5.60. The van der Waals surface area contributed by atoms with Gasteiger partial charge in [0.2, 0.25) is 0 Å². The van der Waals surface area contributed by atoms with Crippen LogP contribution < -0.4 is 0 Å². The molecule has 0 N–H and O–H groups in total. The Bertz CT molecular complexity index is 127. The minimum atomic E-state index is 0.459. The Hall–Kier alpha value is 0.640. The van der Waals surface area contributed by atoms with Crippen molar-refractivity contribution >= 4 is 23.4 Å². The molecule has 0 heterocycles. The van der Waals surface area contributed by atoms with Crippen LogP contribution in [-0.2, 0) is 0 Å². The molecule has 0 spiro atoms. The maximum Gasteiger partial charge on any atom is 0.0454 e. The van der Waals surface area contributed by atoms with Gasteiger partial charge in [-0.2, -0.15) is 11.8 Å². The maximum atomic E-state index is 6.27. The normalized spacial score (nSPS) is 29.1. The molecule has 78 valence electrons. The molecule has 0 radical (unpaired) electrons. The second-order valence-corrected chi connectivity index (χ2v) is 5.82. The van der Waals surface area contributed by atoms with Crippen molar-refractivity contribution < 1.29 is 0 Å². The summed E-state index contributed by atoms with van der Waals surface area (Å²) in [6, 6.07) is 0. The molecule has 1 aliphatic rings. The lowest BCUT2D eigenvalue weighted by atomic mass is 10.00. The van der Waals surface area contributed by atoms with Gasteiger partial charge < -0.3 is 0 Å². The van der Waals surface area contributed by atoms with E-state index in [2.05, 4.69) is 18.7 Å². The smallest absolute Gasteiger partial charge is 0.0454 e. The molecule has 0 aromatic carbocycles. The zero-order valence-electron chi connectivity index (χ0n) is 8.60. The molecule has 2 unspecified atom stereocenters. The van der Waals surface area contributed by atoms with Gasteiger partial charge in [-0.15, -0.1) is 11.6 Å². The van der Waals surface area contributed by atoms with Crippen molar-refractivity contribution in [2.24, 2.45) is 0 Å². The fourth-order valence-corrected chi connectivity index (χ4v) is 3.68. The van der Waals surface area contributed by atoms with Crippen molar-refractivity contribution in [3.05, 3.63) is 0 Å². The molecule has 0 amide bonds. The van der Waals surface area contributed by atoms with E-state index in [4.69, 9.17) is 11.6 Å². The maximum absolute atomic E-state index is 6.27. The molecule has 2 heteroatoms. The standard InChI is InChI=1S/C11H21ClS/c1-2-3-6-9-13-11-8-5-4-7-10(11)12/h10-11H,2-9H2,1H3. The monoisotopic (exact) mass is 220 g/mol. The lowest BCUT2D eigenvalue weighted by Crippen LogP contribution is -2.22. The SMILES string of the molecule is CCCCCSC1CCCCC1Cl. The minimum absolute atomic E-state index is 0.459. The van der Waals surface area contributed by atoms with Crippen LogP contribution in [0.15, 0.2) is 0 Å². The highest BCUT2D eigenvalue weighted by atomic mass is 35.5. The van der Waals surface area contributed by atoms with Gasteiger partial charge in [0.1, 0.15) is 0 Å². The van der Waals surface area contributed by atoms with E-state index in [1.165, 1.54) is 50.7 Å². The van der Waals surface area contributed by atoms with Crippen molar-refractivity contribution in [1.82, 2.24) is 0 Å². The van der Waals surface area contributed by atoms with Gasteiger partial charge >= 0.3 is 0 Å². The van der Waals surface area contributed by atoms with Gasteiger partial charge in [0.05, 0.1) is 0 Å². The number of hydrogen-bond donors (Lipinski definition) is 0. The summed E-state index contributed by atoms with van der Waals surface area (Å²) in [4.78, 5) is 0. The number of thioether (sulfide) groups is 1. The van der Waals surface area contributed by atoms with Crippen LogP contribution in [0.2, 0.25) is 0 Å². The summed E-state index contributed by atoms with van der Waals surface area (Å²) in [5, 5.41) is 1.22. The van der Waals surface area contributed by atoms with E-state index in [0.29, 0.717) is 5.38 Å². The molecule has 1 aliphatic carbocycles. The third-order valence-corrected chi connectivity index (χ3v) is 4.89. The number of unbranched alkanes of at least 4 members (excludes halogenated alkanes) is 2. The predicted molar refractivity (Wildman–Crippen MR) is 63.9 cm³/mol. The van der Waals surface area contributed by atoms with E-state index >= 15 is 0 Å². The molecule has 0 aromatic rings. The third kappa shape index (κ3) is 4.60. The lowest BCUT2D eigenvalue weighted by Gasteiger charge is -2.26. The fourth-order valence-electron chi connectivity index (χ4n) is 1.83. The minimum Gasteiger partial charge on any atom is -0.157 e. The highest BCUT2D eigenvalue weighted by molar-refractivity contribution is 8.00. The van der Waals surface area contributed by atoms with E-state index in [1.807, 2.05) is 0 Å². The van der Waals surface area contributed by atoms with Crippen molar-refractivity contribution in [3.8, 4) is 0 Å². The fraction of sp³-hybridized carbons (Fsp3) is 1.00. The first kappa shape index (κ1) is 11.7. The molecule has 0 aromatic heterocycles. The van der Waals surface area contributed by atoms with Gasteiger partial charge in [0.25, 0.3) is 0 Å². The molecule has 2 atom stereocenters. The van der Waals surface area contributed by atoms with Crippen LogP contribution in [0.4, 0.5) is 0 Å².